The molecule has 2 rings (SSSR count). The molecule has 0 aliphatic rings. The molecule has 1 aromatic heterocycles. The molecule has 6 heteroatoms. The quantitative estimate of drug-likeness (QED) is 0.789. The second-order valence-electron chi connectivity index (χ2n) is 4.93. The van der Waals surface area contributed by atoms with Gasteiger partial charge in [0.25, 0.3) is 5.91 Å². The normalized spacial score (nSPS) is 10.4. The highest BCUT2D eigenvalue weighted by molar-refractivity contribution is 5.98. The van der Waals surface area contributed by atoms with Crippen LogP contribution in [-0.2, 0) is 4.79 Å². The van der Waals surface area contributed by atoms with Gasteiger partial charge in [-0.25, -0.2) is 4.79 Å². The van der Waals surface area contributed by atoms with Crippen LogP contribution in [0.15, 0.2) is 39.5 Å². The summed E-state index contributed by atoms with van der Waals surface area (Å²) in [6, 6.07) is 8.43. The molecule has 0 atom stereocenters. The maximum Gasteiger partial charge on any atom is 0.349 e. The van der Waals surface area contributed by atoms with Crippen LogP contribution in [0.4, 0.5) is 0 Å². The number of carbonyl (C=O) groups excluding carboxylic acids is 2. The van der Waals surface area contributed by atoms with Crippen LogP contribution in [0.3, 0.4) is 0 Å². The summed E-state index contributed by atoms with van der Waals surface area (Å²) in [4.78, 5) is 38.3. The number of hydrogen-bond donors (Lipinski definition) is 0. The Kier molecular flexibility index (Phi) is 4.07. The Labute approximate surface area is 121 Å². The highest BCUT2D eigenvalue weighted by Crippen LogP contribution is 2.13. The van der Waals surface area contributed by atoms with E-state index in [4.69, 9.17) is 4.42 Å². The average molecular weight is 288 g/mol. The van der Waals surface area contributed by atoms with E-state index in [1.165, 1.54) is 22.9 Å². The summed E-state index contributed by atoms with van der Waals surface area (Å²) < 4.78 is 5.12. The fourth-order valence-electron chi connectivity index (χ4n) is 1.83. The Balaban J connectivity index is 2.33. The first-order chi connectivity index (χ1) is 9.90. The van der Waals surface area contributed by atoms with E-state index in [1.807, 2.05) is 0 Å². The van der Waals surface area contributed by atoms with Crippen molar-refractivity contribution < 1.29 is 14.0 Å². The van der Waals surface area contributed by atoms with Crippen molar-refractivity contribution in [3.8, 4) is 0 Å². The molecule has 1 heterocycles. The first kappa shape index (κ1) is 14.8. The van der Waals surface area contributed by atoms with Crippen molar-refractivity contribution in [2.45, 2.75) is 0 Å². The Morgan fingerprint density at radius 3 is 2.48 bits per heavy atom. The topological polar surface area (TPSA) is 70.8 Å². The predicted molar refractivity (Wildman–Crippen MR) is 78.1 cm³/mol. The molecule has 0 bridgehead atoms. The van der Waals surface area contributed by atoms with Crippen molar-refractivity contribution in [2.75, 3.05) is 27.7 Å². The molecular formula is C15H16N2O4. The SMILES string of the molecule is CN(C)C(=O)CN(C)C(=O)c1cc2ccccc2oc1=O. The lowest BCUT2D eigenvalue weighted by Crippen LogP contribution is -2.39. The van der Waals surface area contributed by atoms with Crippen molar-refractivity contribution >= 4 is 22.8 Å². The van der Waals surface area contributed by atoms with E-state index in [9.17, 15) is 14.4 Å². The Morgan fingerprint density at radius 1 is 1.14 bits per heavy atom. The summed E-state index contributed by atoms with van der Waals surface area (Å²) in [5.41, 5.74) is -0.364. The molecule has 0 unspecified atom stereocenters. The number of fused-ring (bicyclic) bond motifs is 1. The standard InChI is InChI=1S/C15H16N2O4/c1-16(2)13(18)9-17(3)14(19)11-8-10-6-4-5-7-12(10)21-15(11)20/h4-8H,9H2,1-3H3. The summed E-state index contributed by atoms with van der Waals surface area (Å²) in [5.74, 6) is -0.763. The number of nitrogens with zero attached hydrogens (tertiary/aromatic N) is 2. The minimum absolute atomic E-state index is 0.0808. The van der Waals surface area contributed by atoms with Crippen LogP contribution >= 0.6 is 0 Å². The Morgan fingerprint density at radius 2 is 1.81 bits per heavy atom. The second kappa shape index (κ2) is 5.78. The molecule has 0 radical (unpaired) electrons. The van der Waals surface area contributed by atoms with E-state index in [1.54, 1.807) is 38.4 Å². The Bertz CT molecular complexity index is 749. The third-order valence-corrected chi connectivity index (χ3v) is 3.09. The smallest absolute Gasteiger partial charge is 0.349 e. The van der Waals surface area contributed by atoms with Crippen molar-refractivity contribution in [3.63, 3.8) is 0 Å². The number of para-hydroxylation sites is 1. The molecular weight excluding hydrogens is 272 g/mol. The molecule has 0 N–H and O–H groups in total. The van der Waals surface area contributed by atoms with Crippen LogP contribution in [0.2, 0.25) is 0 Å². The number of hydrogen-bond acceptors (Lipinski definition) is 4. The lowest BCUT2D eigenvalue weighted by Gasteiger charge is -2.18. The molecule has 2 aromatic rings. The van der Waals surface area contributed by atoms with E-state index in [2.05, 4.69) is 0 Å². The number of amides is 2. The number of carbonyl (C=O) groups is 2. The maximum atomic E-state index is 12.3. The van der Waals surface area contributed by atoms with Gasteiger partial charge in [-0.2, -0.15) is 0 Å². The molecule has 0 spiro atoms. The van der Waals surface area contributed by atoms with Crippen LogP contribution in [0, 0.1) is 0 Å². The molecule has 0 aliphatic heterocycles. The van der Waals surface area contributed by atoms with Crippen molar-refractivity contribution in [1.82, 2.24) is 9.80 Å². The molecule has 0 aliphatic carbocycles. The summed E-state index contributed by atoms with van der Waals surface area (Å²) in [7, 11) is 4.68. The fraction of sp³-hybridized carbons (Fsp3) is 0.267. The molecule has 1 aromatic carbocycles. The van der Waals surface area contributed by atoms with Gasteiger partial charge in [0, 0.05) is 26.5 Å². The summed E-state index contributed by atoms with van der Waals surface area (Å²) in [5, 5.41) is 0.660. The van der Waals surface area contributed by atoms with Gasteiger partial charge in [-0.1, -0.05) is 18.2 Å². The monoisotopic (exact) mass is 288 g/mol. The molecule has 0 saturated carbocycles. The van der Waals surface area contributed by atoms with Gasteiger partial charge in [-0.05, 0) is 12.1 Å². The minimum atomic E-state index is -0.706. The zero-order valence-electron chi connectivity index (χ0n) is 12.1. The number of likely N-dealkylation sites (N-methyl/N-ethyl adjacent to an activating group) is 2. The summed E-state index contributed by atoms with van der Waals surface area (Å²) >= 11 is 0. The molecule has 110 valence electrons. The van der Waals surface area contributed by atoms with Gasteiger partial charge in [-0.3, -0.25) is 9.59 Å². The van der Waals surface area contributed by atoms with Crippen LogP contribution < -0.4 is 5.63 Å². The van der Waals surface area contributed by atoms with E-state index in [0.717, 1.165) is 0 Å². The second-order valence-corrected chi connectivity index (χ2v) is 4.93. The van der Waals surface area contributed by atoms with E-state index >= 15 is 0 Å². The van der Waals surface area contributed by atoms with Gasteiger partial charge in [0.1, 0.15) is 11.1 Å². The molecule has 0 saturated heterocycles. The highest BCUT2D eigenvalue weighted by atomic mass is 16.4. The molecule has 0 fully saturated rings. The van der Waals surface area contributed by atoms with Gasteiger partial charge < -0.3 is 14.2 Å². The van der Waals surface area contributed by atoms with Gasteiger partial charge in [0.15, 0.2) is 0 Å². The van der Waals surface area contributed by atoms with Crippen LogP contribution in [0.5, 0.6) is 0 Å². The third kappa shape index (κ3) is 3.10. The average Bonchev–Trinajstić information content (AvgIpc) is 2.45. The highest BCUT2D eigenvalue weighted by Gasteiger charge is 2.20. The van der Waals surface area contributed by atoms with Crippen molar-refractivity contribution in [1.29, 1.82) is 0 Å². The first-order valence-electron chi connectivity index (χ1n) is 6.38. The lowest BCUT2D eigenvalue weighted by atomic mass is 10.1. The van der Waals surface area contributed by atoms with E-state index in [-0.39, 0.29) is 18.0 Å². The summed E-state index contributed by atoms with van der Waals surface area (Å²) in [6.45, 7) is -0.0991. The van der Waals surface area contributed by atoms with Crippen molar-refractivity contribution in [2.24, 2.45) is 0 Å². The lowest BCUT2D eigenvalue weighted by molar-refractivity contribution is -0.129. The first-order valence-corrected chi connectivity index (χ1v) is 6.38. The van der Waals surface area contributed by atoms with Gasteiger partial charge in [-0.15, -0.1) is 0 Å². The van der Waals surface area contributed by atoms with E-state index < -0.39 is 11.5 Å². The van der Waals surface area contributed by atoms with Crippen molar-refractivity contribution in [3.05, 3.63) is 46.3 Å². The van der Waals surface area contributed by atoms with Crippen LogP contribution in [-0.4, -0.2) is 49.3 Å². The maximum absolute atomic E-state index is 12.3. The predicted octanol–water partition coefficient (Wildman–Crippen LogP) is 0.953. The van der Waals surface area contributed by atoms with Gasteiger partial charge in [0.05, 0.1) is 6.54 Å². The zero-order valence-corrected chi connectivity index (χ0v) is 12.1. The zero-order chi connectivity index (χ0) is 15.6. The van der Waals surface area contributed by atoms with Gasteiger partial charge in [0.2, 0.25) is 5.91 Å². The summed E-state index contributed by atoms with van der Waals surface area (Å²) in [6.07, 6.45) is 0. The third-order valence-electron chi connectivity index (χ3n) is 3.09. The number of rotatable bonds is 3. The molecule has 6 nitrogen and oxygen atoms in total. The van der Waals surface area contributed by atoms with E-state index in [0.29, 0.717) is 11.0 Å². The molecule has 2 amide bonds. The van der Waals surface area contributed by atoms with Crippen LogP contribution in [0.25, 0.3) is 11.0 Å². The van der Waals surface area contributed by atoms with Gasteiger partial charge >= 0.3 is 5.63 Å². The minimum Gasteiger partial charge on any atom is -0.422 e. The number of benzene rings is 1. The van der Waals surface area contributed by atoms with Crippen LogP contribution in [0.1, 0.15) is 10.4 Å². The Hall–Kier alpha value is -2.63. The largest absolute Gasteiger partial charge is 0.422 e. The molecule has 21 heavy (non-hydrogen) atoms. The fourth-order valence-corrected chi connectivity index (χ4v) is 1.83.